The molecule has 0 bridgehead atoms. The van der Waals surface area contributed by atoms with Crippen LogP contribution in [0.15, 0.2) is 36.5 Å². The first-order chi connectivity index (χ1) is 35.0. The molecule has 0 aliphatic carbocycles. The molecular weight excluding hydrogens is 875 g/mol. The van der Waals surface area contributed by atoms with Crippen LogP contribution in [0.5, 0.6) is 0 Å². The van der Waals surface area contributed by atoms with E-state index in [9.17, 15) is 19.8 Å². The number of carbonyl (C=O) groups excluding carboxylic acids is 2. The molecule has 3 N–H and O–H groups in total. The second kappa shape index (κ2) is 60.6. The van der Waals surface area contributed by atoms with Crippen LogP contribution in [0.25, 0.3) is 0 Å². The topological polar surface area (TPSA) is 95.9 Å². The highest BCUT2D eigenvalue weighted by molar-refractivity contribution is 5.76. The number of unbranched alkanes of at least 4 members (excludes halogenated alkanes) is 44. The lowest BCUT2D eigenvalue weighted by Crippen LogP contribution is -2.45. The molecule has 71 heavy (non-hydrogen) atoms. The third-order valence-corrected chi connectivity index (χ3v) is 14.7. The maximum atomic E-state index is 12.5. The van der Waals surface area contributed by atoms with E-state index in [4.69, 9.17) is 4.74 Å². The number of esters is 1. The van der Waals surface area contributed by atoms with E-state index in [0.717, 1.165) is 51.4 Å². The first kappa shape index (κ1) is 69.1. The standard InChI is InChI=1S/C65H123NO5/c1-3-5-7-9-11-13-15-17-19-21-23-24-25-26-27-28-30-33-37-41-45-49-53-57-63(68)62(61-67)66-64(69)58-54-50-46-42-38-34-32-36-40-44-48-52-56-60-71-65(70)59-55-51-47-43-39-35-31-29-22-20-18-16-14-12-10-8-6-4-2/h34,38,46,50,53,57,62-63,67-68H,3-33,35-37,39-45,47-49,51-52,54-56,58-61H2,1-2H3,(H,66,69)/b38-34-,50-46-,57-53+. The SMILES string of the molecule is CCCCCCCCCCCCCCCCCCCCCCC/C=C/C(O)C(CO)NC(=O)CC/C=C\C/C=C\CCCCCCCCOC(=O)CCCCCCCCCCCCCCCCCCCC. The van der Waals surface area contributed by atoms with Gasteiger partial charge in [-0.25, -0.2) is 0 Å². The third-order valence-electron chi connectivity index (χ3n) is 14.7. The molecule has 0 aliphatic heterocycles. The highest BCUT2D eigenvalue weighted by Gasteiger charge is 2.17. The largest absolute Gasteiger partial charge is 0.466 e. The van der Waals surface area contributed by atoms with Crippen molar-refractivity contribution in [2.45, 2.75) is 353 Å². The molecule has 6 heteroatoms. The van der Waals surface area contributed by atoms with Crippen molar-refractivity contribution in [1.82, 2.24) is 5.32 Å². The summed E-state index contributed by atoms with van der Waals surface area (Å²) in [7, 11) is 0. The number of nitrogens with one attached hydrogen (secondary N) is 1. The maximum absolute atomic E-state index is 12.5. The summed E-state index contributed by atoms with van der Waals surface area (Å²) in [6, 6.07) is -0.673. The molecule has 0 aromatic rings. The molecule has 0 heterocycles. The van der Waals surface area contributed by atoms with Gasteiger partial charge in [-0.2, -0.15) is 0 Å². The van der Waals surface area contributed by atoms with Gasteiger partial charge in [-0.15, -0.1) is 0 Å². The lowest BCUT2D eigenvalue weighted by atomic mass is 10.0. The number of rotatable bonds is 59. The predicted molar refractivity (Wildman–Crippen MR) is 310 cm³/mol. The summed E-state index contributed by atoms with van der Waals surface area (Å²) >= 11 is 0. The maximum Gasteiger partial charge on any atom is 0.305 e. The second-order valence-electron chi connectivity index (χ2n) is 21.7. The van der Waals surface area contributed by atoms with E-state index in [1.54, 1.807) is 6.08 Å². The lowest BCUT2D eigenvalue weighted by Gasteiger charge is -2.19. The summed E-state index contributed by atoms with van der Waals surface area (Å²) in [5.74, 6) is -0.159. The van der Waals surface area contributed by atoms with Gasteiger partial charge in [0.05, 0.1) is 25.4 Å². The number of hydrogen-bond acceptors (Lipinski definition) is 5. The zero-order valence-electron chi connectivity index (χ0n) is 47.7. The zero-order chi connectivity index (χ0) is 51.4. The summed E-state index contributed by atoms with van der Waals surface area (Å²) in [5.41, 5.74) is 0. The van der Waals surface area contributed by atoms with Crippen LogP contribution in [0.3, 0.4) is 0 Å². The third kappa shape index (κ3) is 57.2. The van der Waals surface area contributed by atoms with Gasteiger partial charge in [0.1, 0.15) is 0 Å². The molecule has 2 atom stereocenters. The van der Waals surface area contributed by atoms with Gasteiger partial charge in [0.15, 0.2) is 0 Å². The van der Waals surface area contributed by atoms with Crippen molar-refractivity contribution < 1.29 is 24.5 Å². The van der Waals surface area contributed by atoms with Crippen molar-refractivity contribution in [3.8, 4) is 0 Å². The fourth-order valence-electron chi connectivity index (χ4n) is 9.80. The Labute approximate surface area is 443 Å². The van der Waals surface area contributed by atoms with Gasteiger partial charge in [-0.1, -0.05) is 314 Å². The Morgan fingerprint density at radius 1 is 0.394 bits per heavy atom. The Bertz CT molecular complexity index is 1150. The van der Waals surface area contributed by atoms with E-state index >= 15 is 0 Å². The minimum absolute atomic E-state index is 0.0135. The van der Waals surface area contributed by atoms with Crippen LogP contribution >= 0.6 is 0 Å². The van der Waals surface area contributed by atoms with Crippen LogP contribution in [0.2, 0.25) is 0 Å². The molecule has 2 unspecified atom stereocenters. The zero-order valence-corrected chi connectivity index (χ0v) is 47.7. The van der Waals surface area contributed by atoms with E-state index < -0.39 is 12.1 Å². The van der Waals surface area contributed by atoms with Crippen molar-refractivity contribution >= 4 is 11.9 Å². The second-order valence-corrected chi connectivity index (χ2v) is 21.7. The molecule has 0 aliphatic rings. The van der Waals surface area contributed by atoms with Crippen LogP contribution in [0.4, 0.5) is 0 Å². The van der Waals surface area contributed by atoms with Gasteiger partial charge in [0, 0.05) is 12.8 Å². The van der Waals surface area contributed by atoms with Gasteiger partial charge in [-0.3, -0.25) is 9.59 Å². The summed E-state index contributed by atoms with van der Waals surface area (Å²) in [6.45, 7) is 4.87. The molecule has 0 saturated heterocycles. The molecule has 0 rings (SSSR count). The summed E-state index contributed by atoms with van der Waals surface area (Å²) in [5, 5.41) is 23.1. The summed E-state index contributed by atoms with van der Waals surface area (Å²) in [4.78, 5) is 24.6. The fourth-order valence-corrected chi connectivity index (χ4v) is 9.80. The van der Waals surface area contributed by atoms with Crippen LogP contribution in [0.1, 0.15) is 341 Å². The molecule has 418 valence electrons. The van der Waals surface area contributed by atoms with E-state index in [1.165, 1.54) is 257 Å². The van der Waals surface area contributed by atoms with Gasteiger partial charge < -0.3 is 20.3 Å². The van der Waals surface area contributed by atoms with Crippen LogP contribution in [0, 0.1) is 0 Å². The fraction of sp³-hybridized carbons (Fsp3) is 0.877. The molecule has 0 saturated carbocycles. The van der Waals surface area contributed by atoms with E-state index in [2.05, 4.69) is 37.4 Å². The van der Waals surface area contributed by atoms with E-state index in [1.807, 2.05) is 12.2 Å². The monoisotopic (exact) mass is 998 g/mol. The Kier molecular flexibility index (Phi) is 59.0. The molecule has 0 fully saturated rings. The van der Waals surface area contributed by atoms with Crippen molar-refractivity contribution in [1.29, 1.82) is 0 Å². The minimum Gasteiger partial charge on any atom is -0.466 e. The summed E-state index contributed by atoms with van der Waals surface area (Å²) in [6.07, 6.45) is 76.3. The number of aliphatic hydroxyl groups excluding tert-OH is 2. The van der Waals surface area contributed by atoms with Gasteiger partial charge in [-0.05, 0) is 51.4 Å². The highest BCUT2D eigenvalue weighted by Crippen LogP contribution is 2.18. The van der Waals surface area contributed by atoms with Gasteiger partial charge >= 0.3 is 5.97 Å². The number of amides is 1. The highest BCUT2D eigenvalue weighted by atomic mass is 16.5. The average molecular weight is 999 g/mol. The quantitative estimate of drug-likeness (QED) is 0.0321. The van der Waals surface area contributed by atoms with Gasteiger partial charge in [0.2, 0.25) is 5.91 Å². The molecule has 0 spiro atoms. The Hall–Kier alpha value is -1.92. The molecular formula is C65H123NO5. The first-order valence-electron chi connectivity index (χ1n) is 31.8. The van der Waals surface area contributed by atoms with Gasteiger partial charge in [0.25, 0.3) is 0 Å². The smallest absolute Gasteiger partial charge is 0.305 e. The van der Waals surface area contributed by atoms with Crippen molar-refractivity contribution in [2.24, 2.45) is 0 Å². The number of aliphatic hydroxyl groups is 2. The number of hydrogen-bond donors (Lipinski definition) is 3. The van der Waals surface area contributed by atoms with Crippen LogP contribution < -0.4 is 5.32 Å². The Balaban J connectivity index is 3.54. The Morgan fingerprint density at radius 2 is 0.718 bits per heavy atom. The van der Waals surface area contributed by atoms with Crippen molar-refractivity contribution in [2.75, 3.05) is 13.2 Å². The van der Waals surface area contributed by atoms with Crippen LogP contribution in [-0.4, -0.2) is 47.4 Å². The van der Waals surface area contributed by atoms with E-state index in [-0.39, 0.29) is 18.5 Å². The molecule has 0 aromatic heterocycles. The average Bonchev–Trinajstić information content (AvgIpc) is 3.37. The van der Waals surface area contributed by atoms with Crippen molar-refractivity contribution in [3.63, 3.8) is 0 Å². The van der Waals surface area contributed by atoms with Crippen LogP contribution in [-0.2, 0) is 14.3 Å². The normalized spacial score (nSPS) is 12.8. The Morgan fingerprint density at radius 3 is 1.10 bits per heavy atom. The molecule has 6 nitrogen and oxygen atoms in total. The molecule has 0 aromatic carbocycles. The molecule has 1 amide bonds. The summed E-state index contributed by atoms with van der Waals surface area (Å²) < 4.78 is 5.48. The lowest BCUT2D eigenvalue weighted by molar-refractivity contribution is -0.143. The first-order valence-corrected chi connectivity index (χ1v) is 31.8. The minimum atomic E-state index is -0.881. The van der Waals surface area contributed by atoms with Crippen molar-refractivity contribution in [3.05, 3.63) is 36.5 Å². The van der Waals surface area contributed by atoms with E-state index in [0.29, 0.717) is 25.9 Å². The predicted octanol–water partition coefficient (Wildman–Crippen LogP) is 20.0. The number of carbonyl (C=O) groups is 2. The number of ether oxygens (including phenoxy) is 1. The molecule has 0 radical (unpaired) electrons. The number of allylic oxidation sites excluding steroid dienone is 5.